The number of ether oxygens (including phenoxy) is 1. The van der Waals surface area contributed by atoms with Gasteiger partial charge < -0.3 is 15.4 Å². The summed E-state index contributed by atoms with van der Waals surface area (Å²) in [7, 11) is 1.47. The first-order valence-corrected chi connectivity index (χ1v) is 12.2. The van der Waals surface area contributed by atoms with Gasteiger partial charge in [0.2, 0.25) is 11.8 Å². The van der Waals surface area contributed by atoms with Crippen LogP contribution in [0.1, 0.15) is 42.0 Å². The smallest absolute Gasteiger partial charge is 0.261 e. The Morgan fingerprint density at radius 2 is 1.77 bits per heavy atom. The lowest BCUT2D eigenvalue weighted by atomic mass is 10.0. The molecule has 0 saturated carbocycles. The van der Waals surface area contributed by atoms with E-state index in [2.05, 4.69) is 10.6 Å². The molecule has 0 saturated heterocycles. The van der Waals surface area contributed by atoms with Crippen LogP contribution in [0.5, 0.6) is 5.75 Å². The number of anilines is 1. The molecule has 0 aliphatic heterocycles. The summed E-state index contributed by atoms with van der Waals surface area (Å²) in [4.78, 5) is 41.7. The number of hydrogen-bond donors (Lipinski definition) is 2. The highest BCUT2D eigenvalue weighted by molar-refractivity contribution is 7.12. The van der Waals surface area contributed by atoms with Gasteiger partial charge in [0.1, 0.15) is 11.8 Å². The third-order valence-corrected chi connectivity index (χ3v) is 6.04. The van der Waals surface area contributed by atoms with Gasteiger partial charge in [-0.05, 0) is 56.0 Å². The molecule has 0 spiro atoms. The van der Waals surface area contributed by atoms with Crippen molar-refractivity contribution in [3.63, 3.8) is 0 Å². The van der Waals surface area contributed by atoms with Crippen molar-refractivity contribution in [3.05, 3.63) is 81.5 Å². The van der Waals surface area contributed by atoms with E-state index >= 15 is 0 Å². The van der Waals surface area contributed by atoms with Gasteiger partial charge in [0, 0.05) is 10.6 Å². The van der Waals surface area contributed by atoms with Crippen molar-refractivity contribution >= 4 is 46.3 Å². The maximum absolute atomic E-state index is 13.7. The van der Waals surface area contributed by atoms with Gasteiger partial charge >= 0.3 is 0 Å². The van der Waals surface area contributed by atoms with Crippen LogP contribution in [-0.2, 0) is 9.59 Å². The topological polar surface area (TPSA) is 87.7 Å². The molecule has 3 aromatic rings. The summed E-state index contributed by atoms with van der Waals surface area (Å²) in [5.74, 6) is -0.907. The maximum Gasteiger partial charge on any atom is 0.261 e. The molecule has 1 aromatic heterocycles. The van der Waals surface area contributed by atoms with E-state index in [9.17, 15) is 14.4 Å². The van der Waals surface area contributed by atoms with Gasteiger partial charge in [0.15, 0.2) is 0 Å². The summed E-state index contributed by atoms with van der Waals surface area (Å²) in [5, 5.41) is 7.77. The second-order valence-electron chi connectivity index (χ2n) is 8.79. The number of carbonyl (C=O) groups is 3. The normalized spacial score (nSPS) is 11.9. The molecule has 0 fully saturated rings. The zero-order valence-corrected chi connectivity index (χ0v) is 21.6. The Bertz CT molecular complexity index is 1180. The molecule has 0 bridgehead atoms. The van der Waals surface area contributed by atoms with Gasteiger partial charge in [-0.2, -0.15) is 0 Å². The summed E-state index contributed by atoms with van der Waals surface area (Å²) in [6.45, 7) is 5.25. The molecule has 1 unspecified atom stereocenters. The minimum absolute atomic E-state index is 0.313. The molecule has 3 rings (SSSR count). The molecule has 2 aromatic carbocycles. The van der Waals surface area contributed by atoms with E-state index in [1.807, 2.05) is 26.8 Å². The molecule has 9 heteroatoms. The molecule has 184 valence electrons. The number of halogens is 1. The lowest BCUT2D eigenvalue weighted by Gasteiger charge is -2.34. The van der Waals surface area contributed by atoms with Gasteiger partial charge in [-0.3, -0.25) is 19.3 Å². The van der Waals surface area contributed by atoms with Crippen molar-refractivity contribution in [2.75, 3.05) is 18.6 Å². The monoisotopic (exact) mass is 513 g/mol. The van der Waals surface area contributed by atoms with E-state index in [0.717, 1.165) is 0 Å². The Labute approximate surface area is 214 Å². The Morgan fingerprint density at radius 1 is 1.06 bits per heavy atom. The van der Waals surface area contributed by atoms with E-state index in [1.165, 1.54) is 23.3 Å². The van der Waals surface area contributed by atoms with Crippen molar-refractivity contribution in [3.8, 4) is 5.75 Å². The number of hydrogen-bond acceptors (Lipinski definition) is 5. The lowest BCUT2D eigenvalue weighted by molar-refractivity contribution is -0.127. The number of rotatable bonds is 8. The van der Waals surface area contributed by atoms with Gasteiger partial charge in [-0.1, -0.05) is 48.0 Å². The molecule has 7 nitrogen and oxygen atoms in total. The summed E-state index contributed by atoms with van der Waals surface area (Å²) in [6.07, 6.45) is 0. The van der Waals surface area contributed by atoms with Crippen molar-refractivity contribution in [2.45, 2.75) is 32.4 Å². The van der Waals surface area contributed by atoms with Gasteiger partial charge in [0.25, 0.3) is 5.91 Å². The third kappa shape index (κ3) is 6.83. The number of nitrogens with one attached hydrogen (secondary N) is 2. The van der Waals surface area contributed by atoms with Crippen molar-refractivity contribution < 1.29 is 19.1 Å². The van der Waals surface area contributed by atoms with Crippen molar-refractivity contribution in [2.24, 2.45) is 0 Å². The number of methoxy groups -OCH3 is 1. The van der Waals surface area contributed by atoms with Crippen LogP contribution in [-0.4, -0.2) is 36.9 Å². The third-order valence-electron chi connectivity index (χ3n) is 4.93. The summed E-state index contributed by atoms with van der Waals surface area (Å²) < 4.78 is 5.51. The maximum atomic E-state index is 13.7. The molecule has 2 N–H and O–H groups in total. The molecule has 1 atom stereocenters. The van der Waals surface area contributed by atoms with Gasteiger partial charge in [-0.15, -0.1) is 11.3 Å². The first kappa shape index (κ1) is 26.2. The predicted molar refractivity (Wildman–Crippen MR) is 139 cm³/mol. The van der Waals surface area contributed by atoms with Crippen LogP contribution in [0.3, 0.4) is 0 Å². The Hall–Kier alpha value is -3.36. The molecule has 3 amide bonds. The largest absolute Gasteiger partial charge is 0.495 e. The molecular formula is C26H28ClN3O4S. The Kier molecular flexibility index (Phi) is 8.53. The van der Waals surface area contributed by atoms with E-state index in [1.54, 1.807) is 60.0 Å². The lowest BCUT2D eigenvalue weighted by Crippen LogP contribution is -2.51. The standard InChI is InChI=1S/C26H28ClN3O4S/c1-26(2,3)29-25(33)23(17-9-6-5-7-10-17)30(19-15-18(27)12-13-20(19)34-4)22(31)16-28-24(32)21-11-8-14-35-21/h5-15,23H,16H2,1-4H3,(H,28,32)(H,29,33). The van der Waals surface area contributed by atoms with E-state index in [0.29, 0.717) is 26.9 Å². The number of benzene rings is 2. The van der Waals surface area contributed by atoms with Crippen LogP contribution in [0, 0.1) is 0 Å². The van der Waals surface area contributed by atoms with E-state index in [4.69, 9.17) is 16.3 Å². The van der Waals surface area contributed by atoms with Gasteiger partial charge in [-0.25, -0.2) is 0 Å². The van der Waals surface area contributed by atoms with Crippen molar-refractivity contribution in [1.29, 1.82) is 0 Å². The molecule has 1 heterocycles. The number of thiophene rings is 1. The fourth-order valence-corrected chi connectivity index (χ4v) is 4.30. The summed E-state index contributed by atoms with van der Waals surface area (Å²) in [6, 6.07) is 16.2. The van der Waals surface area contributed by atoms with Crippen LogP contribution < -0.4 is 20.3 Å². The van der Waals surface area contributed by atoms with Crippen LogP contribution >= 0.6 is 22.9 Å². The quantitative estimate of drug-likeness (QED) is 0.451. The summed E-state index contributed by atoms with van der Waals surface area (Å²) >= 11 is 7.56. The zero-order valence-electron chi connectivity index (χ0n) is 20.0. The molecule has 0 aliphatic carbocycles. The fraction of sp³-hybridized carbons (Fsp3) is 0.269. The van der Waals surface area contributed by atoms with Gasteiger partial charge in [0.05, 0.1) is 24.2 Å². The molecular weight excluding hydrogens is 486 g/mol. The minimum Gasteiger partial charge on any atom is -0.495 e. The van der Waals surface area contributed by atoms with Crippen molar-refractivity contribution in [1.82, 2.24) is 10.6 Å². The predicted octanol–water partition coefficient (Wildman–Crippen LogP) is 4.83. The Balaban J connectivity index is 2.08. The number of amides is 3. The highest BCUT2D eigenvalue weighted by Crippen LogP contribution is 2.37. The van der Waals surface area contributed by atoms with Crippen LogP contribution in [0.2, 0.25) is 5.02 Å². The van der Waals surface area contributed by atoms with E-state index in [-0.39, 0.29) is 18.4 Å². The first-order valence-electron chi connectivity index (χ1n) is 10.9. The second-order valence-corrected chi connectivity index (χ2v) is 10.2. The van der Waals surface area contributed by atoms with Crippen LogP contribution in [0.25, 0.3) is 0 Å². The molecule has 35 heavy (non-hydrogen) atoms. The Morgan fingerprint density at radius 3 is 2.37 bits per heavy atom. The van der Waals surface area contributed by atoms with E-state index < -0.39 is 17.5 Å². The van der Waals surface area contributed by atoms with Crippen LogP contribution in [0.4, 0.5) is 5.69 Å². The average molecular weight is 514 g/mol. The fourth-order valence-electron chi connectivity index (χ4n) is 3.50. The highest BCUT2D eigenvalue weighted by Gasteiger charge is 2.36. The summed E-state index contributed by atoms with van der Waals surface area (Å²) in [5.41, 5.74) is 0.354. The number of nitrogens with zero attached hydrogens (tertiary/aromatic N) is 1. The number of carbonyl (C=O) groups excluding carboxylic acids is 3. The molecule has 0 radical (unpaired) electrons. The van der Waals surface area contributed by atoms with Crippen LogP contribution in [0.15, 0.2) is 66.0 Å². The first-order chi connectivity index (χ1) is 16.6. The molecule has 0 aliphatic rings. The second kappa shape index (κ2) is 11.4. The zero-order chi connectivity index (χ0) is 25.6. The minimum atomic E-state index is -1.05. The average Bonchev–Trinajstić information content (AvgIpc) is 3.35. The highest BCUT2D eigenvalue weighted by atomic mass is 35.5. The SMILES string of the molecule is COc1ccc(Cl)cc1N(C(=O)CNC(=O)c1cccs1)C(C(=O)NC(C)(C)C)c1ccccc1.